The number of halogens is 1. The fraction of sp³-hybridized carbons (Fsp3) is 0.472. The van der Waals surface area contributed by atoms with Crippen molar-refractivity contribution in [3.8, 4) is 23.1 Å². The number of amides is 1. The first kappa shape index (κ1) is 38.7. The van der Waals surface area contributed by atoms with Crippen molar-refractivity contribution in [1.82, 2.24) is 14.9 Å². The van der Waals surface area contributed by atoms with Crippen LogP contribution in [0.5, 0.6) is 5.75 Å². The molecule has 1 aliphatic heterocycles. The molecule has 0 fully saturated rings. The Kier molecular flexibility index (Phi) is 11.6. The molecule has 1 aromatic heterocycles. The summed E-state index contributed by atoms with van der Waals surface area (Å²) in [5.41, 5.74) is 2.82. The first-order valence-corrected chi connectivity index (χ1v) is 19.8. The second kappa shape index (κ2) is 15.0. The highest BCUT2D eigenvalue weighted by atomic mass is 35.5. The molecular weight excluding hydrogens is 671 g/mol. The molecule has 4 rings (SSSR count). The van der Waals surface area contributed by atoms with Crippen molar-refractivity contribution in [2.45, 2.75) is 77.6 Å². The quantitative estimate of drug-likeness (QED) is 0.148. The number of ether oxygens (including phenoxy) is 2. The van der Waals surface area contributed by atoms with Crippen LogP contribution in [0.3, 0.4) is 0 Å². The molecular formula is C36H47BClN6O5Si. The van der Waals surface area contributed by atoms with Crippen LogP contribution in [0.15, 0.2) is 42.6 Å². The van der Waals surface area contributed by atoms with E-state index >= 15 is 0 Å². The van der Waals surface area contributed by atoms with Crippen LogP contribution in [0.1, 0.15) is 59.6 Å². The molecule has 1 aliphatic rings. The number of carbonyl (C=O) groups is 2. The fourth-order valence-electron chi connectivity index (χ4n) is 5.21. The maximum absolute atomic E-state index is 12.4. The minimum atomic E-state index is -2.10. The Hall–Kier alpha value is -4.12. The first-order chi connectivity index (χ1) is 23.3. The van der Waals surface area contributed by atoms with E-state index in [0.29, 0.717) is 59.0 Å². The van der Waals surface area contributed by atoms with Crippen molar-refractivity contribution in [3.05, 3.63) is 58.7 Å². The van der Waals surface area contributed by atoms with E-state index in [0.717, 1.165) is 17.3 Å². The fourth-order valence-corrected chi connectivity index (χ4v) is 6.49. The summed E-state index contributed by atoms with van der Waals surface area (Å²) in [7, 11) is 1.03. The van der Waals surface area contributed by atoms with Crippen LogP contribution in [0, 0.1) is 11.3 Å². The van der Waals surface area contributed by atoms with Crippen LogP contribution in [0.2, 0.25) is 23.2 Å². The van der Waals surface area contributed by atoms with Gasteiger partial charge < -0.3 is 33.7 Å². The highest BCUT2D eigenvalue weighted by Crippen LogP contribution is 2.46. The second-order valence-electron chi connectivity index (χ2n) is 15.3. The number of hydrogen-bond donors (Lipinski definition) is 1. The third-order valence-corrected chi connectivity index (χ3v) is 13.7. The minimum absolute atomic E-state index is 0.0216. The number of nitriles is 1. The zero-order valence-corrected chi connectivity index (χ0v) is 32.4. The maximum atomic E-state index is 12.4. The van der Waals surface area contributed by atoms with Gasteiger partial charge in [-0.2, -0.15) is 5.26 Å². The van der Waals surface area contributed by atoms with Gasteiger partial charge in [0.1, 0.15) is 30.2 Å². The van der Waals surface area contributed by atoms with Gasteiger partial charge in [-0.1, -0.05) is 39.3 Å². The lowest BCUT2D eigenvalue weighted by molar-refractivity contribution is 0.0278. The van der Waals surface area contributed by atoms with Gasteiger partial charge >= 0.3 is 13.5 Å². The summed E-state index contributed by atoms with van der Waals surface area (Å²) in [4.78, 5) is 36.5. The Morgan fingerprint density at radius 2 is 1.92 bits per heavy atom. The summed E-state index contributed by atoms with van der Waals surface area (Å²) in [5.74, 6) is 0.786. The zero-order valence-electron chi connectivity index (χ0n) is 30.7. The summed E-state index contributed by atoms with van der Waals surface area (Å²) >= 11 is 6.35. The molecule has 1 unspecified atom stereocenters. The Bertz CT molecular complexity index is 1770. The number of fused-ring (bicyclic) bond motifs is 1. The van der Waals surface area contributed by atoms with Crippen LogP contribution >= 0.6 is 11.6 Å². The lowest BCUT2D eigenvalue weighted by Gasteiger charge is -2.39. The van der Waals surface area contributed by atoms with Crippen molar-refractivity contribution in [3.63, 3.8) is 0 Å². The molecule has 3 aromatic rings. The molecule has 14 heteroatoms. The van der Waals surface area contributed by atoms with E-state index < -0.39 is 25.4 Å². The molecule has 0 bridgehead atoms. The van der Waals surface area contributed by atoms with Gasteiger partial charge in [0, 0.05) is 48.1 Å². The van der Waals surface area contributed by atoms with E-state index in [1.807, 2.05) is 31.6 Å². The summed E-state index contributed by atoms with van der Waals surface area (Å²) in [6, 6.07) is 13.1. The van der Waals surface area contributed by atoms with Crippen molar-refractivity contribution in [1.29, 1.82) is 5.26 Å². The Morgan fingerprint density at radius 3 is 2.56 bits per heavy atom. The first-order valence-electron chi connectivity index (χ1n) is 16.5. The third-order valence-electron chi connectivity index (χ3n) is 9.01. The maximum Gasteiger partial charge on any atom is 0.410 e. The van der Waals surface area contributed by atoms with Crippen molar-refractivity contribution < 1.29 is 23.5 Å². The van der Waals surface area contributed by atoms with E-state index in [4.69, 9.17) is 30.5 Å². The van der Waals surface area contributed by atoms with Gasteiger partial charge in [0.15, 0.2) is 8.32 Å². The second-order valence-corrected chi connectivity index (χ2v) is 20.6. The molecule has 265 valence electrons. The number of benzene rings is 2. The van der Waals surface area contributed by atoms with Crippen molar-refractivity contribution >= 4 is 56.9 Å². The molecule has 2 aromatic carbocycles. The Balaban J connectivity index is 1.62. The average Bonchev–Trinajstić information content (AvgIpc) is 3.31. The minimum Gasteiger partial charge on any atom is -0.490 e. The van der Waals surface area contributed by atoms with Crippen molar-refractivity contribution in [2.24, 2.45) is 0 Å². The van der Waals surface area contributed by atoms with Crippen molar-refractivity contribution in [2.75, 3.05) is 43.5 Å². The predicted octanol–water partition coefficient (Wildman–Crippen LogP) is 7.57. The van der Waals surface area contributed by atoms with Crippen LogP contribution in [0.25, 0.3) is 11.3 Å². The smallest absolute Gasteiger partial charge is 0.410 e. The van der Waals surface area contributed by atoms with Crippen LogP contribution < -0.4 is 14.9 Å². The molecule has 0 aliphatic carbocycles. The number of nitrogens with zero attached hydrogens (tertiary/aromatic N) is 5. The van der Waals surface area contributed by atoms with Crippen LogP contribution in [0.4, 0.5) is 22.1 Å². The zero-order chi connectivity index (χ0) is 37.1. The molecule has 11 nitrogen and oxygen atoms in total. The molecule has 1 radical (unpaired) electrons. The Labute approximate surface area is 302 Å². The summed E-state index contributed by atoms with van der Waals surface area (Å²) in [6.07, 6.45) is 1.94. The summed E-state index contributed by atoms with van der Waals surface area (Å²) in [6.45, 7) is 20.0. The van der Waals surface area contributed by atoms with Gasteiger partial charge in [-0.25, -0.2) is 14.8 Å². The van der Waals surface area contributed by atoms with Gasteiger partial charge in [0.2, 0.25) is 5.95 Å². The van der Waals surface area contributed by atoms with Crippen LogP contribution in [-0.2, 0) is 19.4 Å². The topological polar surface area (TPSA) is 130 Å². The van der Waals surface area contributed by atoms with Gasteiger partial charge in [0.25, 0.3) is 0 Å². The lowest BCUT2D eigenvalue weighted by atomic mass is 9.83. The summed E-state index contributed by atoms with van der Waals surface area (Å²) in [5, 5.41) is 14.0. The number of anilines is 3. The monoisotopic (exact) mass is 717 g/mol. The lowest BCUT2D eigenvalue weighted by Crippen LogP contribution is -2.46. The van der Waals surface area contributed by atoms with E-state index in [9.17, 15) is 14.9 Å². The SMILES string of the molecule is CN(CCOc1ccc(Cl)cc1Nc1nccc(-c2cc(C#N)c3c(c2)C(C)(CO[Si](C)(C)C(C)(C)C)CN3[B]C=O)n1)C(=O)OC(C)(C)C. The number of likely N-dealkylation sites (N-methyl/N-ethyl adjacent to an activating group) is 1. The molecule has 0 saturated heterocycles. The van der Waals surface area contributed by atoms with E-state index in [1.54, 1.807) is 43.6 Å². The molecule has 0 saturated carbocycles. The largest absolute Gasteiger partial charge is 0.490 e. The highest BCUT2D eigenvalue weighted by Gasteiger charge is 2.44. The van der Waals surface area contributed by atoms with Gasteiger partial charge in [-0.05, 0) is 80.9 Å². The van der Waals surface area contributed by atoms with Crippen LogP contribution in [-0.4, -0.2) is 81.8 Å². The Morgan fingerprint density at radius 1 is 1.20 bits per heavy atom. The number of carbonyl (C=O) groups excluding carboxylic acids is 2. The average molecular weight is 718 g/mol. The molecule has 50 heavy (non-hydrogen) atoms. The third kappa shape index (κ3) is 9.16. The standard InChI is InChI=1S/C36H47BClN6O5Si/c1-34(2,3)49-33(46)43(8)15-16-47-30-12-11-26(38)19-29(30)42-32-40-14-13-28(41-32)24-17-25(20-39)31-27(18-24)36(7,21-44(31)37-23-45)22-48-50(9,10)35(4,5)6/h11-14,17-19,23H,15-16,21-22H2,1-10H3,(H,40,41,42). The predicted molar refractivity (Wildman–Crippen MR) is 202 cm³/mol. The molecule has 0 spiro atoms. The van der Waals surface area contributed by atoms with Gasteiger partial charge in [-0.3, -0.25) is 0 Å². The molecule has 1 N–H and O–H groups in total. The number of rotatable bonds is 12. The van der Waals surface area contributed by atoms with E-state index in [-0.39, 0.29) is 11.6 Å². The molecule has 1 amide bonds. The van der Waals surface area contributed by atoms with E-state index in [1.165, 1.54) is 12.3 Å². The number of hydrogen-bond acceptors (Lipinski definition) is 10. The normalized spacial score (nSPS) is 15.9. The number of nitrogens with one attached hydrogen (secondary N) is 1. The van der Waals surface area contributed by atoms with Gasteiger partial charge in [-0.15, -0.1) is 0 Å². The summed E-state index contributed by atoms with van der Waals surface area (Å²) < 4.78 is 18.1. The van der Waals surface area contributed by atoms with Gasteiger partial charge in [0.05, 0.1) is 23.5 Å². The number of aromatic nitrogens is 2. The molecule has 1 atom stereocenters. The molecule has 2 heterocycles. The van der Waals surface area contributed by atoms with E-state index in [2.05, 4.69) is 57.2 Å². The highest BCUT2D eigenvalue weighted by molar-refractivity contribution is 6.74.